The molecule has 5 heterocycles. The van der Waals surface area contributed by atoms with Gasteiger partial charge in [0.15, 0.2) is 0 Å². The molecule has 5 rings (SSSR count). The van der Waals surface area contributed by atoms with Crippen LogP contribution in [0.1, 0.15) is 150 Å². The van der Waals surface area contributed by atoms with Crippen LogP contribution < -0.4 is 20.2 Å². The number of aliphatic carboxylic acids is 2. The number of carboxylic acid groups (broad SMARTS) is 2. The Hall–Kier alpha value is -5.02. The van der Waals surface area contributed by atoms with Gasteiger partial charge in [-0.15, -0.1) is 22.1 Å². The molecule has 0 spiro atoms. The van der Waals surface area contributed by atoms with Crippen molar-refractivity contribution in [3.8, 4) is 0 Å². The molecule has 1 atom stereocenters. The quantitative estimate of drug-likeness (QED) is 0.104. The van der Waals surface area contributed by atoms with Crippen molar-refractivity contribution < 1.29 is 42.0 Å². The molecule has 0 saturated carbocycles. The Kier molecular flexibility index (Phi) is 16.4. The van der Waals surface area contributed by atoms with E-state index >= 15 is 0 Å². The van der Waals surface area contributed by atoms with Crippen molar-refractivity contribution in [2.45, 2.75) is 126 Å². The molecule has 2 aliphatic rings. The van der Waals surface area contributed by atoms with E-state index in [0.29, 0.717) is 57.7 Å². The first kappa shape index (κ1) is 46.7. The molecule has 3 aromatic heterocycles. The molecule has 0 amide bonds. The third-order valence-corrected chi connectivity index (χ3v) is 11.2. The Morgan fingerprint density at radius 1 is 0.695 bits per heavy atom. The molecule has 0 radical (unpaired) electrons. The normalized spacial score (nSPS) is 13.7. The Bertz CT molecular complexity index is 2430. The van der Waals surface area contributed by atoms with E-state index in [4.69, 9.17) is 19.9 Å². The number of nitrogens with zero attached hydrogens (tertiary/aromatic N) is 4. The van der Waals surface area contributed by atoms with Crippen LogP contribution in [0.3, 0.4) is 0 Å². The number of carboxylic acids is 2. The fourth-order valence-corrected chi connectivity index (χ4v) is 7.74. The number of aliphatic hydroxyl groups is 1. The van der Waals surface area contributed by atoms with Crippen molar-refractivity contribution in [1.29, 1.82) is 0 Å². The summed E-state index contributed by atoms with van der Waals surface area (Å²) in [7, 11) is 0. The minimum Gasteiger partial charge on any atom is -0.657 e. The standard InChI is InChI=1S/C49H60N4O5.Fe/c1-10-35-31(6)40-26-45-49(46(54)19-13-18-30(5)17-12-16-29(4)15-11-14-28(2)3)34(9)41(53-45)24-38-32(7)36(20-22-47(55)56)43(51-38)27-44-37(21-23-48(57)58)33(8)39(52-44)25-42(35)50-40;/h10,14,16,18,24-27,46,54H,1,11-13,15,17,19-23H2,2-9H3,(H4,50,51,52,53,55,56,57,58);/q;+2/p-4/b29-16+,30-18+,38-24?,39-25?,40-26?,41-24?,42-25?,43-27?,44-27?,45-26?;. The number of fused-ring (bicyclic) bond motifs is 8. The number of carbonyl (C=O) groups is 2. The first-order chi connectivity index (χ1) is 27.6. The first-order valence-corrected chi connectivity index (χ1v) is 20.3. The average Bonchev–Trinajstić information content (AvgIpc) is 3.82. The van der Waals surface area contributed by atoms with Crippen LogP contribution in [0.2, 0.25) is 0 Å². The summed E-state index contributed by atoms with van der Waals surface area (Å²) in [6, 6.07) is 7.48. The number of aryl methyl sites for hydroxylation is 3. The zero-order chi connectivity index (χ0) is 42.3. The average molecular weight is 837 g/mol. The molecule has 8 bridgehead atoms. The van der Waals surface area contributed by atoms with Gasteiger partial charge in [-0.2, -0.15) is 0 Å². The van der Waals surface area contributed by atoms with E-state index < -0.39 is 18.0 Å². The van der Waals surface area contributed by atoms with Crippen molar-refractivity contribution in [2.75, 3.05) is 0 Å². The second-order valence-electron chi connectivity index (χ2n) is 15.9. The zero-order valence-electron chi connectivity index (χ0n) is 35.7. The fourth-order valence-electron chi connectivity index (χ4n) is 7.74. The smallest absolute Gasteiger partial charge is 0.657 e. The van der Waals surface area contributed by atoms with E-state index in [9.17, 15) is 24.9 Å². The Morgan fingerprint density at radius 3 is 1.86 bits per heavy atom. The van der Waals surface area contributed by atoms with Crippen LogP contribution in [-0.2, 0) is 33.1 Å². The number of carbonyl (C=O) groups excluding carboxylic acids is 2. The van der Waals surface area contributed by atoms with Gasteiger partial charge in [0.1, 0.15) is 0 Å². The van der Waals surface area contributed by atoms with E-state index in [2.05, 4.69) is 52.5 Å². The van der Waals surface area contributed by atoms with Gasteiger partial charge in [-0.1, -0.05) is 88.6 Å². The van der Waals surface area contributed by atoms with Gasteiger partial charge < -0.3 is 34.9 Å². The molecule has 9 nitrogen and oxygen atoms in total. The third kappa shape index (κ3) is 11.6. The monoisotopic (exact) mass is 836 g/mol. The van der Waals surface area contributed by atoms with Gasteiger partial charge >= 0.3 is 17.1 Å². The van der Waals surface area contributed by atoms with Gasteiger partial charge in [0, 0.05) is 17.5 Å². The summed E-state index contributed by atoms with van der Waals surface area (Å²) in [5, 5.41) is 35.1. The van der Waals surface area contributed by atoms with Gasteiger partial charge in [0.05, 0.1) is 28.9 Å². The molecule has 0 aromatic carbocycles. The van der Waals surface area contributed by atoms with Crippen molar-refractivity contribution in [2.24, 2.45) is 0 Å². The molecular formula is C49H56FeN4O5-2. The third-order valence-electron chi connectivity index (χ3n) is 11.2. The molecule has 0 saturated heterocycles. The van der Waals surface area contributed by atoms with E-state index in [-0.39, 0.29) is 42.8 Å². The second kappa shape index (κ2) is 20.8. The van der Waals surface area contributed by atoms with Crippen molar-refractivity contribution in [1.82, 2.24) is 19.9 Å². The molecule has 0 fully saturated rings. The molecule has 0 aliphatic carbocycles. The molecule has 312 valence electrons. The van der Waals surface area contributed by atoms with E-state index in [0.717, 1.165) is 70.2 Å². The van der Waals surface area contributed by atoms with Crippen molar-refractivity contribution in [3.05, 3.63) is 117 Å². The summed E-state index contributed by atoms with van der Waals surface area (Å²) in [6.45, 7) is 20.4. The van der Waals surface area contributed by atoms with E-state index in [1.807, 2.05) is 45.9 Å². The molecule has 2 aliphatic heterocycles. The first-order valence-electron chi connectivity index (χ1n) is 20.3. The van der Waals surface area contributed by atoms with Crippen LogP contribution in [-0.4, -0.2) is 27.0 Å². The van der Waals surface area contributed by atoms with Crippen LogP contribution in [0.5, 0.6) is 0 Å². The molecule has 59 heavy (non-hydrogen) atoms. The summed E-state index contributed by atoms with van der Waals surface area (Å²) in [5.74, 6) is -2.34. The second-order valence-corrected chi connectivity index (χ2v) is 15.9. The van der Waals surface area contributed by atoms with Gasteiger partial charge in [0.25, 0.3) is 0 Å². The number of rotatable bonds is 17. The predicted octanol–water partition coefficient (Wildman–Crippen LogP) is 8.68. The van der Waals surface area contributed by atoms with Crippen LogP contribution in [0, 0.1) is 13.8 Å². The summed E-state index contributed by atoms with van der Waals surface area (Å²) < 4.78 is 0. The minimum absolute atomic E-state index is 0. The Labute approximate surface area is 359 Å². The number of aromatic nitrogens is 4. The maximum atomic E-state index is 11.9. The summed E-state index contributed by atoms with van der Waals surface area (Å²) in [5.41, 5.74) is 15.3. The topological polar surface area (TPSA) is 154 Å². The van der Waals surface area contributed by atoms with Crippen molar-refractivity contribution in [3.63, 3.8) is 0 Å². The van der Waals surface area contributed by atoms with E-state index in [1.54, 1.807) is 12.1 Å². The van der Waals surface area contributed by atoms with Crippen LogP contribution in [0.4, 0.5) is 0 Å². The maximum absolute atomic E-state index is 11.9. The Balaban J connectivity index is 0.00000769. The molecule has 3 aromatic rings. The zero-order valence-corrected chi connectivity index (χ0v) is 36.8. The van der Waals surface area contributed by atoms with Crippen molar-refractivity contribution >= 4 is 56.3 Å². The molecule has 10 heteroatoms. The largest absolute Gasteiger partial charge is 2.00 e. The number of hydrogen-bond acceptors (Lipinski definition) is 7. The summed E-state index contributed by atoms with van der Waals surface area (Å²) >= 11 is 0. The minimum atomic E-state index is -1.17. The Morgan fingerprint density at radius 2 is 1.22 bits per heavy atom. The fraction of sp³-hybridized carbons (Fsp3) is 0.388. The molecule has 1 unspecified atom stereocenters. The summed E-state index contributed by atoms with van der Waals surface area (Å²) in [6.07, 6.45) is 13.1. The van der Waals surface area contributed by atoms with Gasteiger partial charge in [0.2, 0.25) is 0 Å². The SMILES string of the molecule is C=CC1=C(C)c2cc3[n-]c(cc4nc(cc5[n-]c(cc1n2)c(C)c5CCC(=O)[O-])C(CCC(=O)[O-])=C4C)c(C)c3C(O)CC/C=C(\C)CC/C=C(\C)CCC=C(C)C.[Fe+2]. The molecule has 1 N–H and O–H groups in total. The van der Waals surface area contributed by atoms with Crippen LogP contribution >= 0.6 is 0 Å². The van der Waals surface area contributed by atoms with Gasteiger partial charge in [-0.25, -0.2) is 9.97 Å². The molecular weight excluding hydrogens is 780 g/mol. The van der Waals surface area contributed by atoms with Gasteiger partial charge in [-0.3, -0.25) is 0 Å². The number of allylic oxidation sites excluding steroid dienone is 11. The number of hydrogen-bond donors (Lipinski definition) is 1. The number of aliphatic hydroxyl groups excluding tert-OH is 1. The van der Waals surface area contributed by atoms with E-state index in [1.165, 1.54) is 16.7 Å². The van der Waals surface area contributed by atoms with Crippen LogP contribution in [0.25, 0.3) is 44.4 Å². The van der Waals surface area contributed by atoms with Gasteiger partial charge in [-0.05, 0) is 142 Å². The predicted molar refractivity (Wildman–Crippen MR) is 231 cm³/mol. The summed E-state index contributed by atoms with van der Waals surface area (Å²) in [4.78, 5) is 43.3. The maximum Gasteiger partial charge on any atom is 2.00 e. The van der Waals surface area contributed by atoms with Crippen LogP contribution in [0.15, 0.2) is 71.9 Å².